The van der Waals surface area contributed by atoms with Crippen LogP contribution in [0, 0.1) is 5.82 Å². The Kier molecular flexibility index (Phi) is 4.00. The van der Waals surface area contributed by atoms with Gasteiger partial charge in [0.1, 0.15) is 5.60 Å². The van der Waals surface area contributed by atoms with Crippen LogP contribution in [-0.2, 0) is 4.74 Å². The predicted octanol–water partition coefficient (Wildman–Crippen LogP) is 2.76. The van der Waals surface area contributed by atoms with Gasteiger partial charge < -0.3 is 15.2 Å². The number of rotatable bonds is 2. The van der Waals surface area contributed by atoms with Gasteiger partial charge >= 0.3 is 6.09 Å². The van der Waals surface area contributed by atoms with Crippen molar-refractivity contribution in [2.75, 3.05) is 18.2 Å². The van der Waals surface area contributed by atoms with Crippen LogP contribution in [0.25, 0.3) is 0 Å². The predicted molar refractivity (Wildman–Crippen MR) is 67.2 cm³/mol. The van der Waals surface area contributed by atoms with Crippen LogP contribution < -0.4 is 15.8 Å². The average molecular weight is 256 g/mol. The minimum atomic E-state index is -0.664. The quantitative estimate of drug-likeness (QED) is 0.798. The van der Waals surface area contributed by atoms with Crippen molar-refractivity contribution in [3.05, 3.63) is 17.9 Å². The molecule has 0 saturated heterocycles. The smallest absolute Gasteiger partial charge is 0.412 e. The zero-order valence-corrected chi connectivity index (χ0v) is 10.8. The summed E-state index contributed by atoms with van der Waals surface area (Å²) in [6.07, 6.45) is -0.664. The summed E-state index contributed by atoms with van der Waals surface area (Å²) in [5.41, 5.74) is 5.30. The van der Waals surface area contributed by atoms with Gasteiger partial charge in [-0.3, -0.25) is 5.32 Å². The first-order valence-electron chi connectivity index (χ1n) is 5.36. The molecule has 0 fully saturated rings. The first kappa shape index (κ1) is 14.1. The van der Waals surface area contributed by atoms with Gasteiger partial charge in [-0.05, 0) is 20.8 Å². The van der Waals surface area contributed by atoms with Crippen molar-refractivity contribution in [1.82, 2.24) is 0 Å². The van der Waals surface area contributed by atoms with Crippen LogP contribution in [0.4, 0.5) is 20.6 Å². The van der Waals surface area contributed by atoms with Gasteiger partial charge in [-0.2, -0.15) is 0 Å². The van der Waals surface area contributed by atoms with Crippen molar-refractivity contribution in [2.45, 2.75) is 26.4 Å². The minimum absolute atomic E-state index is 0.00439. The molecular weight excluding hydrogens is 239 g/mol. The van der Waals surface area contributed by atoms with Crippen LogP contribution in [0.5, 0.6) is 5.75 Å². The van der Waals surface area contributed by atoms with E-state index in [1.807, 2.05) is 0 Å². The molecule has 0 spiro atoms. The van der Waals surface area contributed by atoms with Crippen molar-refractivity contribution in [3.8, 4) is 5.75 Å². The number of hydrogen-bond acceptors (Lipinski definition) is 4. The molecule has 18 heavy (non-hydrogen) atoms. The van der Waals surface area contributed by atoms with Crippen LogP contribution in [0.2, 0.25) is 0 Å². The number of carbonyl (C=O) groups is 1. The molecule has 0 radical (unpaired) electrons. The summed E-state index contributed by atoms with van der Waals surface area (Å²) in [5, 5.41) is 2.44. The molecule has 3 N–H and O–H groups in total. The number of anilines is 2. The summed E-state index contributed by atoms with van der Waals surface area (Å²) in [7, 11) is 1.33. The largest absolute Gasteiger partial charge is 0.494 e. The van der Waals surface area contributed by atoms with E-state index in [1.54, 1.807) is 20.8 Å². The molecule has 1 amide bonds. The summed E-state index contributed by atoms with van der Waals surface area (Å²) in [6.45, 7) is 5.21. The lowest BCUT2D eigenvalue weighted by molar-refractivity contribution is 0.0636. The fourth-order valence-corrected chi connectivity index (χ4v) is 1.25. The maximum absolute atomic E-state index is 13.3. The Bertz CT molecular complexity index is 455. The molecule has 0 aliphatic rings. The van der Waals surface area contributed by atoms with Crippen LogP contribution in [0.1, 0.15) is 20.8 Å². The highest BCUT2D eigenvalue weighted by Gasteiger charge is 2.18. The molecule has 0 unspecified atom stereocenters. The Morgan fingerprint density at radius 2 is 2.00 bits per heavy atom. The van der Waals surface area contributed by atoms with Gasteiger partial charge in [-0.25, -0.2) is 9.18 Å². The third-order valence-electron chi connectivity index (χ3n) is 1.96. The van der Waals surface area contributed by atoms with E-state index in [-0.39, 0.29) is 17.1 Å². The number of nitrogens with one attached hydrogen (secondary N) is 1. The summed E-state index contributed by atoms with van der Waals surface area (Å²) < 4.78 is 23.2. The van der Waals surface area contributed by atoms with E-state index in [0.29, 0.717) is 0 Å². The number of carbonyl (C=O) groups excluding carboxylic acids is 1. The van der Waals surface area contributed by atoms with Gasteiger partial charge in [0.15, 0.2) is 11.6 Å². The number of nitrogen functional groups attached to an aromatic ring is 1. The van der Waals surface area contributed by atoms with E-state index in [2.05, 4.69) is 5.32 Å². The molecule has 0 heterocycles. The maximum atomic E-state index is 13.3. The van der Waals surface area contributed by atoms with E-state index in [0.717, 1.165) is 6.07 Å². The van der Waals surface area contributed by atoms with E-state index < -0.39 is 17.5 Å². The van der Waals surface area contributed by atoms with Gasteiger partial charge in [0, 0.05) is 12.1 Å². The summed E-state index contributed by atoms with van der Waals surface area (Å²) >= 11 is 0. The number of hydrogen-bond donors (Lipinski definition) is 2. The fraction of sp³-hybridized carbons (Fsp3) is 0.417. The molecule has 0 aliphatic heterocycles. The van der Waals surface area contributed by atoms with Gasteiger partial charge in [0.05, 0.1) is 18.5 Å². The summed E-state index contributed by atoms with van der Waals surface area (Å²) in [4.78, 5) is 11.5. The second-order valence-electron chi connectivity index (χ2n) is 4.70. The molecule has 1 aromatic rings. The number of halogens is 1. The molecule has 6 heteroatoms. The Morgan fingerprint density at radius 1 is 1.39 bits per heavy atom. The maximum Gasteiger partial charge on any atom is 0.412 e. The van der Waals surface area contributed by atoms with Crippen LogP contribution in [0.15, 0.2) is 12.1 Å². The zero-order valence-electron chi connectivity index (χ0n) is 10.8. The molecule has 0 aliphatic carbocycles. The van der Waals surface area contributed by atoms with E-state index in [1.165, 1.54) is 13.2 Å². The molecule has 0 atom stereocenters. The Labute approximate surface area is 105 Å². The van der Waals surface area contributed by atoms with E-state index in [4.69, 9.17) is 15.2 Å². The number of ether oxygens (including phenoxy) is 2. The molecule has 0 saturated carbocycles. The van der Waals surface area contributed by atoms with Crippen molar-refractivity contribution in [3.63, 3.8) is 0 Å². The second-order valence-corrected chi connectivity index (χ2v) is 4.70. The highest BCUT2D eigenvalue weighted by molar-refractivity contribution is 5.89. The Hall–Kier alpha value is -1.98. The molecular formula is C12H17FN2O3. The van der Waals surface area contributed by atoms with Crippen molar-refractivity contribution < 1.29 is 18.7 Å². The fourth-order valence-electron chi connectivity index (χ4n) is 1.25. The lowest BCUT2D eigenvalue weighted by Gasteiger charge is -2.20. The number of nitrogens with two attached hydrogens (primary N) is 1. The second kappa shape index (κ2) is 5.12. The number of benzene rings is 1. The highest BCUT2D eigenvalue weighted by Crippen LogP contribution is 2.28. The molecule has 1 rings (SSSR count). The third kappa shape index (κ3) is 3.80. The van der Waals surface area contributed by atoms with E-state index >= 15 is 0 Å². The minimum Gasteiger partial charge on any atom is -0.494 e. The van der Waals surface area contributed by atoms with Gasteiger partial charge in [-0.1, -0.05) is 0 Å². The standard InChI is InChI=1S/C12H17FN2O3/c1-12(2,3)18-11(16)15-9-6-10(17-4)7(13)5-8(9)14/h5-6H,14H2,1-4H3,(H,15,16). The number of amides is 1. The Balaban J connectivity index is 2.88. The molecule has 0 aromatic heterocycles. The third-order valence-corrected chi connectivity index (χ3v) is 1.96. The average Bonchev–Trinajstić information content (AvgIpc) is 2.19. The first-order valence-corrected chi connectivity index (χ1v) is 5.36. The summed E-state index contributed by atoms with van der Waals surface area (Å²) in [5.74, 6) is -0.597. The SMILES string of the molecule is COc1cc(NC(=O)OC(C)(C)C)c(N)cc1F. The lowest BCUT2D eigenvalue weighted by atomic mass is 10.2. The van der Waals surface area contributed by atoms with Crippen molar-refractivity contribution in [1.29, 1.82) is 0 Å². The Morgan fingerprint density at radius 3 is 2.50 bits per heavy atom. The zero-order chi connectivity index (χ0) is 13.9. The monoisotopic (exact) mass is 256 g/mol. The lowest BCUT2D eigenvalue weighted by Crippen LogP contribution is -2.27. The topological polar surface area (TPSA) is 73.6 Å². The van der Waals surface area contributed by atoms with Crippen LogP contribution in [0.3, 0.4) is 0 Å². The molecule has 1 aromatic carbocycles. The molecule has 0 bridgehead atoms. The van der Waals surface area contributed by atoms with Crippen LogP contribution in [-0.4, -0.2) is 18.8 Å². The first-order chi connectivity index (χ1) is 8.23. The summed E-state index contributed by atoms with van der Waals surface area (Å²) in [6, 6.07) is 2.38. The number of methoxy groups -OCH3 is 1. The van der Waals surface area contributed by atoms with Gasteiger partial charge in [0.2, 0.25) is 0 Å². The highest BCUT2D eigenvalue weighted by atomic mass is 19.1. The normalized spacial score (nSPS) is 10.9. The van der Waals surface area contributed by atoms with Crippen molar-refractivity contribution >= 4 is 17.5 Å². The van der Waals surface area contributed by atoms with Gasteiger partial charge in [0.25, 0.3) is 0 Å². The molecule has 5 nitrogen and oxygen atoms in total. The van der Waals surface area contributed by atoms with Gasteiger partial charge in [-0.15, -0.1) is 0 Å². The molecule has 100 valence electrons. The van der Waals surface area contributed by atoms with Crippen molar-refractivity contribution in [2.24, 2.45) is 0 Å². The van der Waals surface area contributed by atoms with Crippen LogP contribution >= 0.6 is 0 Å². The van der Waals surface area contributed by atoms with E-state index in [9.17, 15) is 9.18 Å².